The zero-order chi connectivity index (χ0) is 13.8. The summed E-state index contributed by atoms with van der Waals surface area (Å²) in [6, 6.07) is 7.59. The molecule has 0 N–H and O–H groups in total. The van der Waals surface area contributed by atoms with Gasteiger partial charge in [-0.15, -0.1) is 0 Å². The number of nitrogens with zero attached hydrogens (tertiary/aromatic N) is 1. The Morgan fingerprint density at radius 3 is 2.50 bits per heavy atom. The summed E-state index contributed by atoms with van der Waals surface area (Å²) in [7, 11) is 0.100. The van der Waals surface area contributed by atoms with Crippen LogP contribution in [0.1, 0.15) is 19.4 Å². The van der Waals surface area contributed by atoms with Gasteiger partial charge in [-0.25, -0.2) is 12.7 Å². The average Bonchev–Trinajstić information content (AvgIpc) is 2.38. The molecule has 0 radical (unpaired) electrons. The van der Waals surface area contributed by atoms with Gasteiger partial charge in [-0.1, -0.05) is 18.2 Å². The summed E-state index contributed by atoms with van der Waals surface area (Å²) in [5.74, 6) is 0.923. The molecule has 0 bridgehead atoms. The molecule has 0 aromatic heterocycles. The van der Waals surface area contributed by atoms with E-state index < -0.39 is 10.0 Å². The summed E-state index contributed by atoms with van der Waals surface area (Å²) in [4.78, 5) is 0. The predicted octanol–water partition coefficient (Wildman–Crippen LogP) is 1.91. The van der Waals surface area contributed by atoms with Crippen molar-refractivity contribution in [1.82, 2.24) is 4.31 Å². The maximum Gasteiger partial charge on any atom is 0.213 e. The van der Waals surface area contributed by atoms with Crippen LogP contribution < -0.4 is 4.74 Å². The van der Waals surface area contributed by atoms with Gasteiger partial charge in [0.1, 0.15) is 5.75 Å². The molecule has 102 valence electrons. The second-order valence-corrected chi connectivity index (χ2v) is 6.60. The van der Waals surface area contributed by atoms with Crippen LogP contribution in [0.15, 0.2) is 24.3 Å². The van der Waals surface area contributed by atoms with Crippen LogP contribution in [0.25, 0.3) is 0 Å². The third-order valence-electron chi connectivity index (χ3n) is 3.13. The largest absolute Gasteiger partial charge is 0.496 e. The highest BCUT2D eigenvalue weighted by atomic mass is 32.2. The second-order valence-electron chi connectivity index (χ2n) is 4.28. The van der Waals surface area contributed by atoms with Crippen molar-refractivity contribution < 1.29 is 13.2 Å². The molecule has 0 aliphatic carbocycles. The maximum absolute atomic E-state index is 11.8. The Kier molecular flexibility index (Phi) is 5.16. The number of hydrogen-bond donors (Lipinski definition) is 0. The average molecular weight is 271 g/mol. The first-order chi connectivity index (χ1) is 8.42. The Labute approximate surface area is 110 Å². The van der Waals surface area contributed by atoms with E-state index in [2.05, 4.69) is 0 Å². The van der Waals surface area contributed by atoms with E-state index in [0.717, 1.165) is 11.3 Å². The quantitative estimate of drug-likeness (QED) is 0.794. The molecule has 1 rings (SSSR count). The molecule has 1 aromatic carbocycles. The number of benzene rings is 1. The number of para-hydroxylation sites is 1. The van der Waals surface area contributed by atoms with E-state index in [0.29, 0.717) is 6.42 Å². The van der Waals surface area contributed by atoms with Crippen LogP contribution in [0.5, 0.6) is 5.75 Å². The molecule has 4 nitrogen and oxygen atoms in total. The van der Waals surface area contributed by atoms with Gasteiger partial charge in [0.25, 0.3) is 0 Å². The Morgan fingerprint density at radius 2 is 1.94 bits per heavy atom. The molecule has 0 spiro atoms. The third-order valence-corrected chi connectivity index (χ3v) is 5.10. The molecule has 0 fully saturated rings. The molecule has 1 aromatic rings. The number of hydrogen-bond acceptors (Lipinski definition) is 3. The van der Waals surface area contributed by atoms with Crippen LogP contribution in [0.3, 0.4) is 0 Å². The van der Waals surface area contributed by atoms with Crippen molar-refractivity contribution in [2.75, 3.05) is 19.9 Å². The molecule has 5 heteroatoms. The van der Waals surface area contributed by atoms with Crippen molar-refractivity contribution in [2.24, 2.45) is 0 Å². The van der Waals surface area contributed by atoms with Crippen molar-refractivity contribution in [2.45, 2.75) is 26.3 Å². The Morgan fingerprint density at radius 1 is 1.33 bits per heavy atom. The molecule has 0 heterocycles. The highest BCUT2D eigenvalue weighted by Gasteiger charge is 2.22. The first kappa shape index (κ1) is 15.0. The minimum atomic E-state index is -3.14. The fraction of sp³-hybridized carbons (Fsp3) is 0.538. The third kappa shape index (κ3) is 3.46. The lowest BCUT2D eigenvalue weighted by molar-refractivity contribution is 0.374. The fourth-order valence-electron chi connectivity index (χ4n) is 1.80. The lowest BCUT2D eigenvalue weighted by Gasteiger charge is -2.24. The van der Waals surface area contributed by atoms with E-state index in [9.17, 15) is 8.42 Å². The number of likely N-dealkylation sites (N-methyl/N-ethyl adjacent to an activating group) is 1. The molecule has 0 aliphatic heterocycles. The zero-order valence-corrected chi connectivity index (χ0v) is 12.2. The van der Waals surface area contributed by atoms with Gasteiger partial charge in [0.2, 0.25) is 10.0 Å². The molecule has 0 amide bonds. The summed E-state index contributed by atoms with van der Waals surface area (Å²) in [6.07, 6.45) is 0.639. The summed E-state index contributed by atoms with van der Waals surface area (Å²) in [5.41, 5.74) is 1.02. The van der Waals surface area contributed by atoms with E-state index in [4.69, 9.17) is 4.74 Å². The van der Waals surface area contributed by atoms with E-state index >= 15 is 0 Å². The van der Waals surface area contributed by atoms with Crippen LogP contribution in [-0.4, -0.2) is 38.7 Å². The van der Waals surface area contributed by atoms with Gasteiger partial charge in [-0.3, -0.25) is 0 Å². The molecule has 1 unspecified atom stereocenters. The van der Waals surface area contributed by atoms with Crippen molar-refractivity contribution in [1.29, 1.82) is 0 Å². The van der Waals surface area contributed by atoms with Gasteiger partial charge in [0, 0.05) is 13.1 Å². The van der Waals surface area contributed by atoms with Crippen molar-refractivity contribution in [3.63, 3.8) is 0 Å². The molecule has 0 saturated carbocycles. The fourth-order valence-corrected chi connectivity index (χ4v) is 2.83. The molecule has 0 aliphatic rings. The summed E-state index contributed by atoms with van der Waals surface area (Å²) in [6.45, 7) is 3.56. The number of ether oxygens (including phenoxy) is 1. The van der Waals surface area contributed by atoms with Gasteiger partial charge < -0.3 is 4.74 Å². The summed E-state index contributed by atoms with van der Waals surface area (Å²) < 4.78 is 30.3. The Hall–Kier alpha value is -1.07. The van der Waals surface area contributed by atoms with Crippen LogP contribution >= 0.6 is 0 Å². The molecule has 18 heavy (non-hydrogen) atoms. The first-order valence-corrected chi connectivity index (χ1v) is 7.61. The van der Waals surface area contributed by atoms with E-state index in [1.165, 1.54) is 4.31 Å². The van der Waals surface area contributed by atoms with Gasteiger partial charge in [0.05, 0.1) is 12.9 Å². The highest BCUT2D eigenvalue weighted by molar-refractivity contribution is 7.89. The minimum absolute atomic E-state index is 0.0914. The minimum Gasteiger partial charge on any atom is -0.496 e. The number of rotatable bonds is 6. The molecular weight excluding hydrogens is 250 g/mol. The summed E-state index contributed by atoms with van der Waals surface area (Å²) in [5, 5.41) is 0. The SMILES string of the molecule is CCS(=O)(=O)N(C)C(C)Cc1ccccc1OC. The molecular formula is C13H21NO3S. The van der Waals surface area contributed by atoms with E-state index in [1.807, 2.05) is 31.2 Å². The van der Waals surface area contributed by atoms with E-state index in [-0.39, 0.29) is 11.8 Å². The highest BCUT2D eigenvalue weighted by Crippen LogP contribution is 2.21. The monoisotopic (exact) mass is 271 g/mol. The number of sulfonamides is 1. The second kappa shape index (κ2) is 6.20. The predicted molar refractivity (Wildman–Crippen MR) is 73.4 cm³/mol. The number of methoxy groups -OCH3 is 1. The Bertz CT molecular complexity index is 485. The smallest absolute Gasteiger partial charge is 0.213 e. The maximum atomic E-state index is 11.8. The first-order valence-electron chi connectivity index (χ1n) is 6.00. The van der Waals surface area contributed by atoms with Gasteiger partial charge in [-0.2, -0.15) is 0 Å². The van der Waals surface area contributed by atoms with Crippen molar-refractivity contribution in [3.05, 3.63) is 29.8 Å². The lowest BCUT2D eigenvalue weighted by Crippen LogP contribution is -2.37. The van der Waals surface area contributed by atoms with Crippen LogP contribution in [0.4, 0.5) is 0 Å². The normalized spacial score (nSPS) is 13.6. The zero-order valence-electron chi connectivity index (χ0n) is 11.4. The Balaban J connectivity index is 2.85. The van der Waals surface area contributed by atoms with Crippen LogP contribution in [0, 0.1) is 0 Å². The standard InChI is InChI=1S/C13H21NO3S/c1-5-18(15,16)14(3)11(2)10-12-8-6-7-9-13(12)17-4/h6-9,11H,5,10H2,1-4H3. The van der Waals surface area contributed by atoms with E-state index in [1.54, 1.807) is 21.1 Å². The van der Waals surface area contributed by atoms with Crippen molar-refractivity contribution in [3.8, 4) is 5.75 Å². The van der Waals surface area contributed by atoms with Crippen molar-refractivity contribution >= 4 is 10.0 Å². The van der Waals surface area contributed by atoms with Crippen LogP contribution in [0.2, 0.25) is 0 Å². The van der Waals surface area contributed by atoms with Crippen LogP contribution in [-0.2, 0) is 16.4 Å². The van der Waals surface area contributed by atoms with Gasteiger partial charge in [-0.05, 0) is 31.9 Å². The lowest BCUT2D eigenvalue weighted by atomic mass is 10.1. The topological polar surface area (TPSA) is 46.6 Å². The molecule has 1 atom stereocenters. The molecule has 0 saturated heterocycles. The van der Waals surface area contributed by atoms with Gasteiger partial charge >= 0.3 is 0 Å². The summed E-state index contributed by atoms with van der Waals surface area (Å²) >= 11 is 0. The van der Waals surface area contributed by atoms with Gasteiger partial charge in [0.15, 0.2) is 0 Å².